The van der Waals surface area contributed by atoms with Crippen molar-refractivity contribution in [3.63, 3.8) is 0 Å². The lowest BCUT2D eigenvalue weighted by atomic mass is 9.91. The van der Waals surface area contributed by atoms with Crippen molar-refractivity contribution < 1.29 is 4.79 Å². The SMILES string of the molecule is O=C=NCc1ccc(C2CCCCCC2)cc1. The molecule has 2 rings (SSSR count). The average molecular weight is 229 g/mol. The van der Waals surface area contributed by atoms with Crippen LogP contribution in [-0.2, 0) is 11.3 Å². The normalized spacial score (nSPS) is 17.2. The molecule has 0 bridgehead atoms. The highest BCUT2D eigenvalue weighted by Gasteiger charge is 2.13. The van der Waals surface area contributed by atoms with Crippen molar-refractivity contribution in [1.82, 2.24) is 0 Å². The molecule has 0 heterocycles. The highest BCUT2D eigenvalue weighted by molar-refractivity contribution is 5.34. The molecule has 2 nitrogen and oxygen atoms in total. The third-order valence-electron chi connectivity index (χ3n) is 3.63. The van der Waals surface area contributed by atoms with Crippen LogP contribution >= 0.6 is 0 Å². The first kappa shape index (κ1) is 12.1. The van der Waals surface area contributed by atoms with Crippen molar-refractivity contribution in [2.24, 2.45) is 4.99 Å². The molecule has 0 atom stereocenters. The summed E-state index contributed by atoms with van der Waals surface area (Å²) in [4.78, 5) is 13.6. The minimum atomic E-state index is 0.453. The van der Waals surface area contributed by atoms with Gasteiger partial charge >= 0.3 is 0 Å². The van der Waals surface area contributed by atoms with Crippen molar-refractivity contribution in [1.29, 1.82) is 0 Å². The van der Waals surface area contributed by atoms with E-state index in [1.807, 2.05) is 0 Å². The second-order valence-electron chi connectivity index (χ2n) is 4.84. The fraction of sp³-hybridized carbons (Fsp3) is 0.533. The summed E-state index contributed by atoms with van der Waals surface area (Å²) in [5.41, 5.74) is 2.54. The molecule has 0 spiro atoms. The van der Waals surface area contributed by atoms with Crippen LogP contribution in [0.4, 0.5) is 0 Å². The summed E-state index contributed by atoms with van der Waals surface area (Å²) >= 11 is 0. The summed E-state index contributed by atoms with van der Waals surface area (Å²) in [6.07, 6.45) is 9.74. The lowest BCUT2D eigenvalue weighted by Crippen LogP contribution is -1.97. The van der Waals surface area contributed by atoms with E-state index in [2.05, 4.69) is 29.3 Å². The van der Waals surface area contributed by atoms with Gasteiger partial charge in [0.2, 0.25) is 6.08 Å². The van der Waals surface area contributed by atoms with Crippen molar-refractivity contribution >= 4 is 6.08 Å². The van der Waals surface area contributed by atoms with Gasteiger partial charge in [0.15, 0.2) is 0 Å². The summed E-state index contributed by atoms with van der Waals surface area (Å²) in [5, 5.41) is 0. The summed E-state index contributed by atoms with van der Waals surface area (Å²) in [5.74, 6) is 0.737. The molecule has 0 saturated heterocycles. The van der Waals surface area contributed by atoms with Crippen LogP contribution in [0.1, 0.15) is 55.6 Å². The van der Waals surface area contributed by atoms with Gasteiger partial charge in [0.25, 0.3) is 0 Å². The summed E-state index contributed by atoms with van der Waals surface area (Å²) in [6.45, 7) is 0.453. The zero-order valence-corrected chi connectivity index (χ0v) is 10.2. The summed E-state index contributed by atoms with van der Waals surface area (Å²) in [6, 6.07) is 8.57. The van der Waals surface area contributed by atoms with E-state index in [1.54, 1.807) is 6.08 Å². The average Bonchev–Trinajstić information content (AvgIpc) is 2.66. The number of isocyanates is 1. The van der Waals surface area contributed by atoms with E-state index in [1.165, 1.54) is 44.1 Å². The van der Waals surface area contributed by atoms with Gasteiger partial charge in [0, 0.05) is 0 Å². The molecule has 2 heteroatoms. The molecule has 0 aliphatic heterocycles. The molecule has 1 aliphatic rings. The molecule has 1 fully saturated rings. The molecule has 0 radical (unpaired) electrons. The van der Waals surface area contributed by atoms with Crippen molar-refractivity contribution in [2.75, 3.05) is 0 Å². The molecule has 17 heavy (non-hydrogen) atoms. The first-order chi connectivity index (χ1) is 8.40. The van der Waals surface area contributed by atoms with Crippen molar-refractivity contribution in [3.05, 3.63) is 35.4 Å². The summed E-state index contributed by atoms with van der Waals surface area (Å²) < 4.78 is 0. The minimum absolute atomic E-state index is 0.453. The largest absolute Gasteiger partial charge is 0.235 e. The maximum Gasteiger partial charge on any atom is 0.235 e. The van der Waals surface area contributed by atoms with Crippen LogP contribution in [0.5, 0.6) is 0 Å². The number of hydrogen-bond acceptors (Lipinski definition) is 2. The van der Waals surface area contributed by atoms with Gasteiger partial charge in [-0.2, -0.15) is 0 Å². The van der Waals surface area contributed by atoms with Crippen LogP contribution in [0.2, 0.25) is 0 Å². The fourth-order valence-electron chi connectivity index (χ4n) is 2.63. The Labute approximate surface area is 103 Å². The van der Waals surface area contributed by atoms with Gasteiger partial charge in [-0.15, -0.1) is 0 Å². The van der Waals surface area contributed by atoms with E-state index < -0.39 is 0 Å². The number of carbonyl (C=O) groups excluding carboxylic acids is 1. The quantitative estimate of drug-likeness (QED) is 0.438. The van der Waals surface area contributed by atoms with Crippen molar-refractivity contribution in [2.45, 2.75) is 51.0 Å². The van der Waals surface area contributed by atoms with Gasteiger partial charge in [-0.1, -0.05) is 49.9 Å². The lowest BCUT2D eigenvalue weighted by molar-refractivity contribution is 0.562. The van der Waals surface area contributed by atoms with Crippen LogP contribution in [0, 0.1) is 0 Å². The van der Waals surface area contributed by atoms with E-state index in [-0.39, 0.29) is 0 Å². The van der Waals surface area contributed by atoms with Gasteiger partial charge < -0.3 is 0 Å². The Balaban J connectivity index is 2.02. The Morgan fingerprint density at radius 1 is 1.06 bits per heavy atom. The topological polar surface area (TPSA) is 29.4 Å². The molecule has 0 amide bonds. The number of nitrogens with zero attached hydrogens (tertiary/aromatic N) is 1. The van der Waals surface area contributed by atoms with Gasteiger partial charge in [0.05, 0.1) is 6.54 Å². The Morgan fingerprint density at radius 2 is 1.71 bits per heavy atom. The third kappa shape index (κ3) is 3.54. The molecular weight excluding hydrogens is 210 g/mol. The van der Waals surface area contributed by atoms with E-state index in [4.69, 9.17) is 0 Å². The molecule has 0 N–H and O–H groups in total. The Morgan fingerprint density at radius 3 is 2.29 bits per heavy atom. The maximum atomic E-state index is 10.0. The maximum absolute atomic E-state index is 10.0. The van der Waals surface area contributed by atoms with Crippen LogP contribution < -0.4 is 0 Å². The molecular formula is C15H19NO. The van der Waals surface area contributed by atoms with E-state index in [0.29, 0.717) is 6.54 Å². The van der Waals surface area contributed by atoms with E-state index in [0.717, 1.165) is 11.5 Å². The number of benzene rings is 1. The molecule has 1 aliphatic carbocycles. The number of hydrogen-bond donors (Lipinski definition) is 0. The minimum Gasteiger partial charge on any atom is -0.211 e. The number of aliphatic imine (C=N–C) groups is 1. The third-order valence-corrected chi connectivity index (χ3v) is 3.63. The standard InChI is InChI=1S/C15H19NO/c17-12-16-11-13-7-9-15(10-8-13)14-5-3-1-2-4-6-14/h7-10,14H,1-6,11H2. The van der Waals surface area contributed by atoms with Crippen molar-refractivity contribution in [3.8, 4) is 0 Å². The predicted molar refractivity (Wildman–Crippen MR) is 68.7 cm³/mol. The van der Waals surface area contributed by atoms with Gasteiger partial charge in [-0.25, -0.2) is 9.79 Å². The molecule has 1 aromatic rings. The van der Waals surface area contributed by atoms with Gasteiger partial charge in [-0.05, 0) is 29.9 Å². The van der Waals surface area contributed by atoms with E-state index in [9.17, 15) is 4.79 Å². The Hall–Kier alpha value is -1.40. The van der Waals surface area contributed by atoms with Crippen LogP contribution in [0.15, 0.2) is 29.3 Å². The van der Waals surface area contributed by atoms with Crippen LogP contribution in [-0.4, -0.2) is 6.08 Å². The molecule has 0 aromatic heterocycles. The zero-order valence-electron chi connectivity index (χ0n) is 10.2. The number of rotatable bonds is 3. The second-order valence-corrected chi connectivity index (χ2v) is 4.84. The Kier molecular flexibility index (Phi) is 4.52. The van der Waals surface area contributed by atoms with Gasteiger partial charge in [-0.3, -0.25) is 0 Å². The predicted octanol–water partition coefficient (Wildman–Crippen LogP) is 3.96. The molecule has 1 saturated carbocycles. The first-order valence-corrected chi connectivity index (χ1v) is 6.52. The molecule has 90 valence electrons. The van der Waals surface area contributed by atoms with Gasteiger partial charge in [0.1, 0.15) is 0 Å². The molecule has 0 unspecified atom stereocenters. The zero-order chi connectivity index (χ0) is 11.9. The first-order valence-electron chi connectivity index (χ1n) is 6.52. The van der Waals surface area contributed by atoms with Crippen LogP contribution in [0.25, 0.3) is 0 Å². The monoisotopic (exact) mass is 229 g/mol. The van der Waals surface area contributed by atoms with E-state index >= 15 is 0 Å². The summed E-state index contributed by atoms with van der Waals surface area (Å²) in [7, 11) is 0. The second kappa shape index (κ2) is 6.36. The highest BCUT2D eigenvalue weighted by atomic mass is 16.1. The lowest BCUT2D eigenvalue weighted by Gasteiger charge is -2.14. The van der Waals surface area contributed by atoms with Crippen LogP contribution in [0.3, 0.4) is 0 Å². The Bertz CT molecular complexity index is 382. The smallest absolute Gasteiger partial charge is 0.211 e. The fourth-order valence-corrected chi connectivity index (χ4v) is 2.63. The molecule has 1 aromatic carbocycles. The highest BCUT2D eigenvalue weighted by Crippen LogP contribution is 2.31.